The molecule has 6 nitrogen and oxygen atoms in total. The summed E-state index contributed by atoms with van der Waals surface area (Å²) in [5.74, 6) is 0. The van der Waals surface area contributed by atoms with Crippen molar-refractivity contribution in [3.05, 3.63) is 27.3 Å². The van der Waals surface area contributed by atoms with E-state index >= 15 is 0 Å². The van der Waals surface area contributed by atoms with Crippen molar-refractivity contribution in [3.8, 4) is 9.88 Å². The SMILES string of the molecule is O=[N+]([O-])c1ccc(-c2nnc(CCNC3CC3)s2)s1. The summed E-state index contributed by atoms with van der Waals surface area (Å²) in [4.78, 5) is 11.1. The Kier molecular flexibility index (Phi) is 3.54. The van der Waals surface area contributed by atoms with E-state index in [1.165, 1.54) is 30.2 Å². The third kappa shape index (κ3) is 3.14. The highest BCUT2D eigenvalue weighted by Crippen LogP contribution is 2.34. The van der Waals surface area contributed by atoms with Crippen LogP contribution in [0, 0.1) is 10.1 Å². The van der Waals surface area contributed by atoms with Gasteiger partial charge in [-0.15, -0.1) is 10.2 Å². The molecule has 1 aliphatic carbocycles. The third-order valence-electron chi connectivity index (χ3n) is 2.80. The minimum Gasteiger partial charge on any atom is -0.314 e. The lowest BCUT2D eigenvalue weighted by Gasteiger charge is -1.97. The second-order valence-corrected chi connectivity index (χ2v) is 6.50. The van der Waals surface area contributed by atoms with Gasteiger partial charge < -0.3 is 5.32 Å². The first kappa shape index (κ1) is 12.6. The maximum Gasteiger partial charge on any atom is 0.324 e. The van der Waals surface area contributed by atoms with Gasteiger partial charge in [-0.1, -0.05) is 22.7 Å². The van der Waals surface area contributed by atoms with Crippen LogP contribution in [0.15, 0.2) is 12.1 Å². The van der Waals surface area contributed by atoms with Gasteiger partial charge in [0.2, 0.25) is 0 Å². The molecule has 0 amide bonds. The molecule has 0 aliphatic heterocycles. The lowest BCUT2D eigenvalue weighted by atomic mass is 10.4. The van der Waals surface area contributed by atoms with E-state index in [9.17, 15) is 10.1 Å². The summed E-state index contributed by atoms with van der Waals surface area (Å²) in [5, 5.41) is 24.2. The van der Waals surface area contributed by atoms with Crippen LogP contribution < -0.4 is 5.32 Å². The van der Waals surface area contributed by atoms with E-state index in [0.29, 0.717) is 6.04 Å². The van der Waals surface area contributed by atoms with Gasteiger partial charge in [0.15, 0.2) is 5.01 Å². The van der Waals surface area contributed by atoms with Crippen LogP contribution in [0.1, 0.15) is 17.8 Å². The van der Waals surface area contributed by atoms with Crippen molar-refractivity contribution >= 4 is 27.7 Å². The molecule has 0 radical (unpaired) electrons. The Labute approximate surface area is 117 Å². The molecule has 8 heteroatoms. The first-order chi connectivity index (χ1) is 9.22. The molecule has 2 heterocycles. The summed E-state index contributed by atoms with van der Waals surface area (Å²) in [6.07, 6.45) is 3.42. The van der Waals surface area contributed by atoms with Gasteiger partial charge in [0, 0.05) is 25.1 Å². The molecule has 1 N–H and O–H groups in total. The number of rotatable bonds is 6. The fraction of sp³-hybridized carbons (Fsp3) is 0.455. The predicted molar refractivity (Wildman–Crippen MR) is 74.6 cm³/mol. The number of hydrogen-bond acceptors (Lipinski definition) is 7. The standard InChI is InChI=1S/C11H12N4O2S2/c16-15(17)10-4-3-8(18-10)11-14-13-9(19-11)5-6-12-7-1-2-7/h3-4,7,12H,1-2,5-6H2. The highest BCUT2D eigenvalue weighted by molar-refractivity contribution is 7.23. The van der Waals surface area contributed by atoms with Crippen LogP contribution >= 0.6 is 22.7 Å². The molecule has 3 rings (SSSR count). The quantitative estimate of drug-likeness (QED) is 0.654. The Hall–Kier alpha value is -1.38. The molecule has 1 saturated carbocycles. The molecule has 1 fully saturated rings. The number of thiophene rings is 1. The topological polar surface area (TPSA) is 81.0 Å². The number of nitrogens with zero attached hydrogens (tertiary/aromatic N) is 3. The van der Waals surface area contributed by atoms with Crippen LogP contribution in [-0.4, -0.2) is 27.7 Å². The van der Waals surface area contributed by atoms with Gasteiger partial charge in [-0.3, -0.25) is 10.1 Å². The van der Waals surface area contributed by atoms with Gasteiger partial charge in [-0.25, -0.2) is 0 Å². The summed E-state index contributed by atoms with van der Waals surface area (Å²) in [7, 11) is 0. The maximum atomic E-state index is 10.6. The molecule has 2 aromatic rings. The number of hydrogen-bond donors (Lipinski definition) is 1. The molecule has 19 heavy (non-hydrogen) atoms. The average molecular weight is 296 g/mol. The van der Waals surface area contributed by atoms with Crippen molar-refractivity contribution in [1.82, 2.24) is 15.5 Å². The van der Waals surface area contributed by atoms with Crippen LogP contribution in [-0.2, 0) is 6.42 Å². The maximum absolute atomic E-state index is 10.6. The van der Waals surface area contributed by atoms with E-state index in [-0.39, 0.29) is 9.92 Å². The van der Waals surface area contributed by atoms with Crippen molar-refractivity contribution in [2.24, 2.45) is 0 Å². The molecular weight excluding hydrogens is 284 g/mol. The molecule has 0 bridgehead atoms. The number of aromatic nitrogens is 2. The summed E-state index contributed by atoms with van der Waals surface area (Å²) in [5.41, 5.74) is 0. The number of nitro groups is 1. The zero-order chi connectivity index (χ0) is 13.2. The van der Waals surface area contributed by atoms with Gasteiger partial charge in [0.25, 0.3) is 0 Å². The Morgan fingerprint density at radius 1 is 1.37 bits per heavy atom. The molecule has 0 unspecified atom stereocenters. The minimum absolute atomic E-state index is 0.141. The van der Waals surface area contributed by atoms with E-state index < -0.39 is 0 Å². The van der Waals surface area contributed by atoms with Gasteiger partial charge in [0.1, 0.15) is 5.01 Å². The van der Waals surface area contributed by atoms with E-state index in [4.69, 9.17) is 0 Å². The molecule has 0 saturated heterocycles. The van der Waals surface area contributed by atoms with Crippen molar-refractivity contribution in [1.29, 1.82) is 0 Å². The van der Waals surface area contributed by atoms with Gasteiger partial charge in [0.05, 0.1) is 9.80 Å². The molecule has 0 atom stereocenters. The van der Waals surface area contributed by atoms with Gasteiger partial charge >= 0.3 is 5.00 Å². The Balaban J connectivity index is 1.63. The normalized spacial score (nSPS) is 14.7. The Morgan fingerprint density at radius 3 is 2.89 bits per heavy atom. The van der Waals surface area contributed by atoms with E-state index in [2.05, 4.69) is 15.5 Å². The van der Waals surface area contributed by atoms with Crippen LogP contribution in [0.25, 0.3) is 9.88 Å². The minimum atomic E-state index is -0.379. The van der Waals surface area contributed by atoms with E-state index in [0.717, 1.165) is 39.2 Å². The molecule has 100 valence electrons. The van der Waals surface area contributed by atoms with Crippen molar-refractivity contribution < 1.29 is 4.92 Å². The summed E-state index contributed by atoms with van der Waals surface area (Å²) < 4.78 is 0. The molecule has 2 aromatic heterocycles. The molecule has 1 aliphatic rings. The van der Waals surface area contributed by atoms with E-state index in [1.807, 2.05) is 0 Å². The smallest absolute Gasteiger partial charge is 0.314 e. The van der Waals surface area contributed by atoms with Crippen LogP contribution in [0.3, 0.4) is 0 Å². The molecular formula is C11H12N4O2S2. The fourth-order valence-corrected chi connectivity index (χ4v) is 3.38. The van der Waals surface area contributed by atoms with Crippen molar-refractivity contribution in [3.63, 3.8) is 0 Å². The van der Waals surface area contributed by atoms with Crippen molar-refractivity contribution in [2.45, 2.75) is 25.3 Å². The fourth-order valence-electron chi connectivity index (χ4n) is 1.67. The Bertz CT molecular complexity index is 591. The highest BCUT2D eigenvalue weighted by atomic mass is 32.1. The summed E-state index contributed by atoms with van der Waals surface area (Å²) in [6, 6.07) is 3.94. The largest absolute Gasteiger partial charge is 0.324 e. The first-order valence-corrected chi connectivity index (χ1v) is 7.66. The summed E-state index contributed by atoms with van der Waals surface area (Å²) in [6.45, 7) is 0.921. The lowest BCUT2D eigenvalue weighted by molar-refractivity contribution is -0.380. The third-order valence-corrected chi connectivity index (χ3v) is 4.99. The van der Waals surface area contributed by atoms with Crippen molar-refractivity contribution in [2.75, 3.05) is 6.54 Å². The monoisotopic (exact) mass is 296 g/mol. The Morgan fingerprint density at radius 2 is 2.21 bits per heavy atom. The highest BCUT2D eigenvalue weighted by Gasteiger charge is 2.20. The first-order valence-electron chi connectivity index (χ1n) is 6.03. The zero-order valence-electron chi connectivity index (χ0n) is 10.0. The predicted octanol–water partition coefficient (Wildman–Crippen LogP) is 2.47. The average Bonchev–Trinajstić information content (AvgIpc) is 2.92. The second-order valence-electron chi connectivity index (χ2n) is 4.37. The number of nitrogens with one attached hydrogen (secondary N) is 1. The van der Waals surface area contributed by atoms with Crippen LogP contribution in [0.4, 0.5) is 5.00 Å². The molecule has 0 aromatic carbocycles. The zero-order valence-corrected chi connectivity index (χ0v) is 11.7. The van der Waals surface area contributed by atoms with Crippen LogP contribution in [0.2, 0.25) is 0 Å². The molecule has 0 spiro atoms. The lowest BCUT2D eigenvalue weighted by Crippen LogP contribution is -2.19. The van der Waals surface area contributed by atoms with Gasteiger partial charge in [-0.2, -0.15) is 0 Å². The van der Waals surface area contributed by atoms with E-state index in [1.54, 1.807) is 6.07 Å². The van der Waals surface area contributed by atoms with Crippen LogP contribution in [0.5, 0.6) is 0 Å². The summed E-state index contributed by atoms with van der Waals surface area (Å²) >= 11 is 2.65. The van der Waals surface area contributed by atoms with Gasteiger partial charge in [-0.05, 0) is 18.9 Å². The second kappa shape index (κ2) is 5.32.